The lowest BCUT2D eigenvalue weighted by molar-refractivity contribution is 0.498. The Morgan fingerprint density at radius 3 is 2.47 bits per heavy atom. The average Bonchev–Trinajstić information content (AvgIpc) is 2.76. The number of aromatic nitrogens is 4. The Balaban J connectivity index is 2.44. The normalized spacial score (nSPS) is 14.1. The van der Waals surface area contributed by atoms with Crippen LogP contribution in [0.3, 0.4) is 0 Å². The summed E-state index contributed by atoms with van der Waals surface area (Å²) in [4.78, 5) is 0.864. The van der Waals surface area contributed by atoms with Gasteiger partial charge in [-0.1, -0.05) is 39.0 Å². The smallest absolute Gasteiger partial charge is 0.234 e. The van der Waals surface area contributed by atoms with E-state index in [0.29, 0.717) is 24.3 Å². The number of hydrogen-bond acceptors (Lipinski definition) is 5. The van der Waals surface area contributed by atoms with Crippen molar-refractivity contribution in [3.05, 3.63) is 10.8 Å². The fourth-order valence-corrected chi connectivity index (χ4v) is 2.95. The molecule has 0 aliphatic carbocycles. The van der Waals surface area contributed by atoms with Gasteiger partial charge in [0.15, 0.2) is 5.82 Å². The second kappa shape index (κ2) is 4.70. The summed E-state index contributed by atoms with van der Waals surface area (Å²) in [5, 5.41) is 14.0. The van der Waals surface area contributed by atoms with Gasteiger partial charge in [0.1, 0.15) is 5.01 Å². The molecule has 0 spiro atoms. The Morgan fingerprint density at radius 1 is 1.24 bits per heavy atom. The van der Waals surface area contributed by atoms with Gasteiger partial charge >= 0.3 is 0 Å². The Labute approximate surface area is 105 Å². The van der Waals surface area contributed by atoms with Gasteiger partial charge in [0.25, 0.3) is 0 Å². The first-order chi connectivity index (χ1) is 8.04. The van der Waals surface area contributed by atoms with Crippen molar-refractivity contribution in [1.82, 2.24) is 19.8 Å². The first-order valence-electron chi connectivity index (χ1n) is 5.96. The molecule has 0 aliphatic heterocycles. The molecule has 0 aromatic carbocycles. The maximum atomic E-state index is 5.82. The fourth-order valence-electron chi connectivity index (χ4n) is 1.81. The van der Waals surface area contributed by atoms with Gasteiger partial charge in [0, 0.05) is 18.4 Å². The maximum Gasteiger partial charge on any atom is 0.234 e. The largest absolute Gasteiger partial charge is 0.330 e. The van der Waals surface area contributed by atoms with Crippen molar-refractivity contribution in [3.8, 4) is 0 Å². The van der Waals surface area contributed by atoms with Crippen LogP contribution >= 0.6 is 11.3 Å². The fraction of sp³-hybridized carbons (Fsp3) is 0.727. The molecule has 2 heterocycles. The van der Waals surface area contributed by atoms with Crippen molar-refractivity contribution in [2.45, 2.75) is 39.5 Å². The Morgan fingerprint density at radius 2 is 1.94 bits per heavy atom. The molecule has 2 aromatic heterocycles. The zero-order chi connectivity index (χ0) is 12.6. The highest BCUT2D eigenvalue weighted by atomic mass is 32.1. The molecule has 2 N–H and O–H groups in total. The highest BCUT2D eigenvalue weighted by Crippen LogP contribution is 2.28. The van der Waals surface area contributed by atoms with Crippen molar-refractivity contribution in [1.29, 1.82) is 0 Å². The van der Waals surface area contributed by atoms with Gasteiger partial charge < -0.3 is 5.73 Å². The van der Waals surface area contributed by atoms with Gasteiger partial charge in [-0.15, -0.1) is 10.2 Å². The molecule has 2 rings (SSSR count). The van der Waals surface area contributed by atoms with Crippen LogP contribution in [0.25, 0.3) is 4.96 Å². The Kier molecular flexibility index (Phi) is 3.44. The predicted molar refractivity (Wildman–Crippen MR) is 69.4 cm³/mol. The summed E-state index contributed by atoms with van der Waals surface area (Å²) < 4.78 is 1.86. The van der Waals surface area contributed by atoms with Gasteiger partial charge in [-0.3, -0.25) is 0 Å². The van der Waals surface area contributed by atoms with Crippen LogP contribution in [-0.2, 0) is 0 Å². The zero-order valence-corrected chi connectivity index (χ0v) is 11.5. The molecule has 6 heteroatoms. The minimum Gasteiger partial charge on any atom is -0.330 e. The molecule has 0 amide bonds. The van der Waals surface area contributed by atoms with Crippen LogP contribution in [0.2, 0.25) is 0 Å². The van der Waals surface area contributed by atoms with E-state index in [1.165, 1.54) is 0 Å². The van der Waals surface area contributed by atoms with Crippen LogP contribution in [0.4, 0.5) is 0 Å². The summed E-state index contributed by atoms with van der Waals surface area (Å²) in [6, 6.07) is 0. The molecule has 17 heavy (non-hydrogen) atoms. The van der Waals surface area contributed by atoms with E-state index in [4.69, 9.17) is 5.73 Å². The topological polar surface area (TPSA) is 69.1 Å². The highest BCUT2D eigenvalue weighted by molar-refractivity contribution is 7.16. The first kappa shape index (κ1) is 12.4. The summed E-state index contributed by atoms with van der Waals surface area (Å²) in [5.74, 6) is 2.05. The average molecular weight is 253 g/mol. The molecule has 1 unspecified atom stereocenters. The predicted octanol–water partition coefficient (Wildman–Crippen LogP) is 2.01. The van der Waals surface area contributed by atoms with E-state index in [-0.39, 0.29) is 0 Å². The van der Waals surface area contributed by atoms with Gasteiger partial charge in [0.2, 0.25) is 4.96 Å². The molecule has 1 atom stereocenters. The van der Waals surface area contributed by atoms with E-state index in [0.717, 1.165) is 15.8 Å². The number of fused-ring (bicyclic) bond motifs is 1. The van der Waals surface area contributed by atoms with Crippen LogP contribution in [0.5, 0.6) is 0 Å². The van der Waals surface area contributed by atoms with E-state index in [1.807, 2.05) is 4.52 Å². The molecule has 0 aliphatic rings. The number of nitrogens with zero attached hydrogens (tertiary/aromatic N) is 4. The van der Waals surface area contributed by atoms with E-state index in [1.54, 1.807) is 11.3 Å². The third-order valence-electron chi connectivity index (χ3n) is 2.92. The maximum absolute atomic E-state index is 5.82. The lowest BCUT2D eigenvalue weighted by atomic mass is 9.97. The van der Waals surface area contributed by atoms with Crippen molar-refractivity contribution in [3.63, 3.8) is 0 Å². The van der Waals surface area contributed by atoms with Gasteiger partial charge in [-0.2, -0.15) is 9.61 Å². The lowest BCUT2D eigenvalue weighted by Gasteiger charge is -2.14. The molecule has 0 saturated carbocycles. The first-order valence-corrected chi connectivity index (χ1v) is 6.78. The van der Waals surface area contributed by atoms with Crippen LogP contribution in [-0.4, -0.2) is 26.4 Å². The summed E-state index contributed by atoms with van der Waals surface area (Å²) in [7, 11) is 0. The quantitative estimate of drug-likeness (QED) is 0.905. The lowest BCUT2D eigenvalue weighted by Crippen LogP contribution is -2.18. The van der Waals surface area contributed by atoms with Crippen LogP contribution in [0.15, 0.2) is 0 Å². The molecule has 2 aromatic rings. The zero-order valence-electron chi connectivity index (χ0n) is 10.7. The standard InChI is InChI=1S/C11H19N5S/c1-6(2)8(5-12)10-15-16-9(7(3)4)13-14-11(16)17-10/h6-8H,5,12H2,1-4H3. The van der Waals surface area contributed by atoms with Crippen LogP contribution in [0.1, 0.15) is 50.4 Å². The van der Waals surface area contributed by atoms with Crippen LogP contribution < -0.4 is 5.73 Å². The molecule has 0 bridgehead atoms. The van der Waals surface area contributed by atoms with E-state index < -0.39 is 0 Å². The molecule has 0 radical (unpaired) electrons. The minimum absolute atomic E-state index is 0.307. The van der Waals surface area contributed by atoms with Crippen molar-refractivity contribution < 1.29 is 0 Å². The van der Waals surface area contributed by atoms with Gasteiger partial charge in [-0.25, -0.2) is 0 Å². The second-order valence-electron chi connectivity index (χ2n) is 4.93. The number of hydrogen-bond donors (Lipinski definition) is 1. The summed E-state index contributed by atoms with van der Waals surface area (Å²) in [6.45, 7) is 9.15. The van der Waals surface area contributed by atoms with Crippen LogP contribution in [0, 0.1) is 5.92 Å². The molecule has 5 nitrogen and oxygen atoms in total. The van der Waals surface area contributed by atoms with Crippen molar-refractivity contribution in [2.75, 3.05) is 6.54 Å². The Hall–Kier alpha value is -1.01. The molecular weight excluding hydrogens is 234 g/mol. The molecule has 0 fully saturated rings. The second-order valence-corrected chi connectivity index (χ2v) is 5.92. The number of rotatable bonds is 4. The van der Waals surface area contributed by atoms with Gasteiger partial charge in [-0.05, 0) is 5.92 Å². The third-order valence-corrected chi connectivity index (χ3v) is 3.95. The molecule has 0 saturated heterocycles. The highest BCUT2D eigenvalue weighted by Gasteiger charge is 2.21. The van der Waals surface area contributed by atoms with E-state index >= 15 is 0 Å². The van der Waals surface area contributed by atoms with Gasteiger partial charge in [0.05, 0.1) is 0 Å². The van der Waals surface area contributed by atoms with E-state index in [9.17, 15) is 0 Å². The SMILES string of the molecule is CC(C)c1nnc2sc(C(CN)C(C)C)nn12. The summed E-state index contributed by atoms with van der Waals surface area (Å²) in [6.07, 6.45) is 0. The van der Waals surface area contributed by atoms with Crippen molar-refractivity contribution >= 4 is 16.3 Å². The third kappa shape index (κ3) is 2.19. The van der Waals surface area contributed by atoms with Crippen molar-refractivity contribution in [2.24, 2.45) is 11.7 Å². The Bertz CT molecular complexity index is 499. The minimum atomic E-state index is 0.307. The molecular formula is C11H19N5S. The monoisotopic (exact) mass is 253 g/mol. The summed E-state index contributed by atoms with van der Waals surface area (Å²) in [5.41, 5.74) is 5.82. The number of nitrogens with two attached hydrogens (primary N) is 1. The summed E-state index contributed by atoms with van der Waals surface area (Å²) >= 11 is 1.59. The van der Waals surface area contributed by atoms with E-state index in [2.05, 4.69) is 43.0 Å². The molecule has 94 valence electrons.